The zero-order valence-corrected chi connectivity index (χ0v) is 19.0. The van der Waals surface area contributed by atoms with Gasteiger partial charge < -0.3 is 20.9 Å². The molecule has 0 saturated carbocycles. The lowest BCUT2D eigenvalue weighted by Crippen LogP contribution is -2.53. The van der Waals surface area contributed by atoms with Gasteiger partial charge in [0.15, 0.2) is 0 Å². The molecule has 4 amide bonds. The molecule has 3 N–H and O–H groups in total. The van der Waals surface area contributed by atoms with E-state index < -0.39 is 6.04 Å². The zero-order valence-electron chi connectivity index (χ0n) is 19.0. The maximum absolute atomic E-state index is 12.9. The fourth-order valence-corrected chi connectivity index (χ4v) is 3.87. The smallest absolute Gasteiger partial charge is 0.321 e. The summed E-state index contributed by atoms with van der Waals surface area (Å²) in [7, 11) is 0. The SMILES string of the molecule is CC(=O)N[C@@H](Cc1ccc(C)cc1)C(=O)NC1CCN(C(=O)Nc2cccc(C)c2)CC1. The van der Waals surface area contributed by atoms with Crippen molar-refractivity contribution in [1.82, 2.24) is 15.5 Å². The van der Waals surface area contributed by atoms with Crippen LogP contribution in [0.1, 0.15) is 36.5 Å². The highest BCUT2D eigenvalue weighted by molar-refractivity contribution is 5.89. The minimum Gasteiger partial charge on any atom is -0.351 e. The van der Waals surface area contributed by atoms with Gasteiger partial charge in [0.1, 0.15) is 6.04 Å². The van der Waals surface area contributed by atoms with Gasteiger partial charge in [0.25, 0.3) is 0 Å². The second kappa shape index (κ2) is 10.8. The van der Waals surface area contributed by atoms with Crippen LogP contribution in [0, 0.1) is 13.8 Å². The summed E-state index contributed by atoms with van der Waals surface area (Å²) < 4.78 is 0. The number of carbonyl (C=O) groups excluding carboxylic acids is 3. The van der Waals surface area contributed by atoms with Gasteiger partial charge >= 0.3 is 6.03 Å². The number of benzene rings is 2. The third kappa shape index (κ3) is 6.83. The van der Waals surface area contributed by atoms with Gasteiger partial charge in [0.2, 0.25) is 11.8 Å². The molecule has 32 heavy (non-hydrogen) atoms. The van der Waals surface area contributed by atoms with Crippen molar-refractivity contribution in [3.05, 3.63) is 65.2 Å². The maximum atomic E-state index is 12.9. The number of aryl methyl sites for hydroxylation is 2. The quantitative estimate of drug-likeness (QED) is 0.650. The van der Waals surface area contributed by atoms with Gasteiger partial charge in [-0.2, -0.15) is 0 Å². The zero-order chi connectivity index (χ0) is 23.1. The average molecular weight is 437 g/mol. The lowest BCUT2D eigenvalue weighted by atomic mass is 10.0. The van der Waals surface area contributed by atoms with E-state index in [2.05, 4.69) is 16.0 Å². The summed E-state index contributed by atoms with van der Waals surface area (Å²) in [6.07, 6.45) is 1.78. The molecular formula is C25H32N4O3. The first-order chi connectivity index (χ1) is 15.3. The number of nitrogens with zero attached hydrogens (tertiary/aromatic N) is 1. The van der Waals surface area contributed by atoms with Gasteiger partial charge in [-0.3, -0.25) is 9.59 Å². The van der Waals surface area contributed by atoms with Gasteiger partial charge in [0.05, 0.1) is 0 Å². The number of likely N-dealkylation sites (tertiary alicyclic amines) is 1. The standard InChI is InChI=1S/C25H32N4O3/c1-17-7-9-20(10-8-17)16-23(26-19(3)30)24(31)27-21-11-13-29(14-12-21)25(32)28-22-6-4-5-18(2)15-22/h4-10,15,21,23H,11-14,16H2,1-3H3,(H,26,30)(H,27,31)(H,28,32)/t23-/m0/s1. The van der Waals surface area contributed by atoms with Crippen LogP contribution >= 0.6 is 0 Å². The van der Waals surface area contributed by atoms with E-state index in [-0.39, 0.29) is 23.9 Å². The highest BCUT2D eigenvalue weighted by Crippen LogP contribution is 2.15. The Morgan fingerprint density at radius 1 is 1.00 bits per heavy atom. The topological polar surface area (TPSA) is 90.5 Å². The number of rotatable bonds is 6. The molecule has 7 nitrogen and oxygen atoms in total. The predicted octanol–water partition coefficient (Wildman–Crippen LogP) is 3.16. The minimum absolute atomic E-state index is 0.0280. The van der Waals surface area contributed by atoms with Crippen molar-refractivity contribution >= 4 is 23.5 Å². The Bertz CT molecular complexity index is 950. The fraction of sp³-hybridized carbons (Fsp3) is 0.400. The van der Waals surface area contributed by atoms with Crippen LogP contribution in [0.15, 0.2) is 48.5 Å². The highest BCUT2D eigenvalue weighted by atomic mass is 16.2. The summed E-state index contributed by atoms with van der Waals surface area (Å²) in [6, 6.07) is 14.9. The Balaban J connectivity index is 1.51. The van der Waals surface area contributed by atoms with Gasteiger partial charge in [-0.1, -0.05) is 42.0 Å². The maximum Gasteiger partial charge on any atom is 0.321 e. The van der Waals surface area contributed by atoms with Crippen LogP contribution in [-0.4, -0.2) is 47.9 Å². The molecule has 1 aliphatic heterocycles. The summed E-state index contributed by atoms with van der Waals surface area (Å²) in [5.41, 5.74) is 4.00. The minimum atomic E-state index is -0.627. The Morgan fingerprint density at radius 2 is 1.69 bits per heavy atom. The van der Waals surface area contributed by atoms with E-state index in [1.807, 2.05) is 62.4 Å². The highest BCUT2D eigenvalue weighted by Gasteiger charge is 2.27. The van der Waals surface area contributed by atoms with Gasteiger partial charge in [-0.25, -0.2) is 4.79 Å². The summed E-state index contributed by atoms with van der Waals surface area (Å²) in [6.45, 7) is 6.53. The van der Waals surface area contributed by atoms with Crippen molar-refractivity contribution in [2.45, 2.75) is 52.1 Å². The molecule has 0 aromatic heterocycles. The number of hydrogen-bond acceptors (Lipinski definition) is 3. The number of urea groups is 1. The third-order valence-electron chi connectivity index (χ3n) is 5.65. The van der Waals surface area contributed by atoms with Crippen molar-refractivity contribution in [1.29, 1.82) is 0 Å². The van der Waals surface area contributed by atoms with E-state index in [0.717, 1.165) is 22.4 Å². The molecule has 0 unspecified atom stereocenters. The number of nitrogens with one attached hydrogen (secondary N) is 3. The summed E-state index contributed by atoms with van der Waals surface area (Å²) >= 11 is 0. The van der Waals surface area contributed by atoms with Gasteiger partial charge in [-0.05, 0) is 49.9 Å². The Labute approximate surface area is 189 Å². The normalized spacial score (nSPS) is 15.0. The van der Waals surface area contributed by atoms with Crippen molar-refractivity contribution < 1.29 is 14.4 Å². The molecule has 1 aliphatic rings. The van der Waals surface area contributed by atoms with Gasteiger partial charge in [-0.15, -0.1) is 0 Å². The van der Waals surface area contributed by atoms with Crippen molar-refractivity contribution in [3.63, 3.8) is 0 Å². The first-order valence-electron chi connectivity index (χ1n) is 11.1. The molecule has 0 aliphatic carbocycles. The van der Waals surface area contributed by atoms with Crippen molar-refractivity contribution in [3.8, 4) is 0 Å². The predicted molar refractivity (Wildman–Crippen MR) is 125 cm³/mol. The third-order valence-corrected chi connectivity index (χ3v) is 5.65. The van der Waals surface area contributed by atoms with E-state index in [0.29, 0.717) is 32.4 Å². The van der Waals surface area contributed by atoms with Crippen LogP contribution in [0.4, 0.5) is 10.5 Å². The van der Waals surface area contributed by atoms with Crippen LogP contribution in [-0.2, 0) is 16.0 Å². The fourth-order valence-electron chi connectivity index (χ4n) is 3.87. The number of hydrogen-bond donors (Lipinski definition) is 3. The van der Waals surface area contributed by atoms with Crippen LogP contribution in [0.3, 0.4) is 0 Å². The number of amides is 4. The molecule has 2 aromatic carbocycles. The molecule has 1 fully saturated rings. The van der Waals surface area contributed by atoms with E-state index in [1.165, 1.54) is 6.92 Å². The first kappa shape index (κ1) is 23.3. The first-order valence-corrected chi connectivity index (χ1v) is 11.1. The van der Waals surface area contributed by atoms with Crippen molar-refractivity contribution in [2.75, 3.05) is 18.4 Å². The largest absolute Gasteiger partial charge is 0.351 e. The average Bonchev–Trinajstić information content (AvgIpc) is 2.75. The molecule has 170 valence electrons. The van der Waals surface area contributed by atoms with Crippen LogP contribution in [0.25, 0.3) is 0 Å². The number of piperidine rings is 1. The molecule has 0 radical (unpaired) electrons. The summed E-state index contributed by atoms with van der Waals surface area (Å²) in [5.74, 6) is -0.427. The molecule has 7 heteroatoms. The van der Waals surface area contributed by atoms with E-state index >= 15 is 0 Å². The monoisotopic (exact) mass is 436 g/mol. The summed E-state index contributed by atoms with van der Waals surface area (Å²) in [5, 5.41) is 8.76. The number of carbonyl (C=O) groups is 3. The van der Waals surface area contributed by atoms with E-state index in [4.69, 9.17) is 0 Å². The van der Waals surface area contributed by atoms with Crippen LogP contribution < -0.4 is 16.0 Å². The molecule has 3 rings (SSSR count). The Hall–Kier alpha value is -3.35. The molecular weight excluding hydrogens is 404 g/mol. The molecule has 0 spiro atoms. The van der Waals surface area contributed by atoms with Gasteiger partial charge in [0, 0.05) is 38.2 Å². The molecule has 2 aromatic rings. The second-order valence-electron chi connectivity index (χ2n) is 8.51. The van der Waals surface area contributed by atoms with Crippen LogP contribution in [0.2, 0.25) is 0 Å². The molecule has 1 heterocycles. The van der Waals surface area contributed by atoms with Crippen molar-refractivity contribution in [2.24, 2.45) is 0 Å². The van der Waals surface area contributed by atoms with E-state index in [1.54, 1.807) is 4.90 Å². The Morgan fingerprint density at radius 3 is 2.31 bits per heavy atom. The summed E-state index contributed by atoms with van der Waals surface area (Å²) in [4.78, 5) is 38.8. The molecule has 0 bridgehead atoms. The molecule has 1 saturated heterocycles. The van der Waals surface area contributed by atoms with E-state index in [9.17, 15) is 14.4 Å². The molecule has 1 atom stereocenters. The second-order valence-corrected chi connectivity index (χ2v) is 8.51. The Kier molecular flexibility index (Phi) is 7.87. The van der Waals surface area contributed by atoms with Crippen LogP contribution in [0.5, 0.6) is 0 Å². The number of anilines is 1. The lowest BCUT2D eigenvalue weighted by molar-refractivity contribution is -0.128. The lowest BCUT2D eigenvalue weighted by Gasteiger charge is -2.33.